The van der Waals surface area contributed by atoms with Crippen molar-refractivity contribution in [3.63, 3.8) is 0 Å². The molecule has 6 N–H and O–H groups in total. The van der Waals surface area contributed by atoms with Gasteiger partial charge in [-0.25, -0.2) is 11.7 Å². The molecule has 0 aromatic carbocycles. The van der Waals surface area contributed by atoms with E-state index >= 15 is 0 Å². The zero-order valence-corrected chi connectivity index (χ0v) is 8.82. The molecule has 1 aromatic heterocycles. The summed E-state index contributed by atoms with van der Waals surface area (Å²) in [4.78, 5) is 12.1. The van der Waals surface area contributed by atoms with Gasteiger partial charge in [-0.15, -0.1) is 0 Å². The molecule has 0 aliphatic carbocycles. The lowest BCUT2D eigenvalue weighted by Gasteiger charge is -2.05. The van der Waals surface area contributed by atoms with E-state index in [4.69, 9.17) is 11.7 Å². The molecular weight excluding hydrogens is 194 g/mol. The molecule has 15 heavy (non-hydrogen) atoms. The SMILES string of the molecule is CCCCCc1nc(NN)nc(NN)n1. The van der Waals surface area contributed by atoms with E-state index in [1.54, 1.807) is 0 Å². The minimum absolute atomic E-state index is 0.324. The Bertz CT molecular complexity index is 279. The number of nitrogens with zero attached hydrogens (tertiary/aromatic N) is 3. The maximum atomic E-state index is 5.23. The zero-order chi connectivity index (χ0) is 11.1. The van der Waals surface area contributed by atoms with Crippen molar-refractivity contribution in [1.29, 1.82) is 0 Å². The van der Waals surface area contributed by atoms with Crippen LogP contribution in [0.25, 0.3) is 0 Å². The summed E-state index contributed by atoms with van der Waals surface area (Å²) in [5.41, 5.74) is 4.75. The van der Waals surface area contributed by atoms with E-state index in [0.29, 0.717) is 17.7 Å². The van der Waals surface area contributed by atoms with Gasteiger partial charge in [0, 0.05) is 6.42 Å². The summed E-state index contributed by atoms with van der Waals surface area (Å²) in [6, 6.07) is 0. The van der Waals surface area contributed by atoms with Crippen LogP contribution in [0.15, 0.2) is 0 Å². The molecule has 0 fully saturated rings. The molecule has 0 atom stereocenters. The Morgan fingerprint density at radius 1 is 1.00 bits per heavy atom. The molecule has 0 amide bonds. The van der Waals surface area contributed by atoms with E-state index < -0.39 is 0 Å². The van der Waals surface area contributed by atoms with Gasteiger partial charge >= 0.3 is 0 Å². The molecule has 0 bridgehead atoms. The minimum atomic E-state index is 0.324. The molecule has 0 radical (unpaired) electrons. The Morgan fingerprint density at radius 3 is 2.07 bits per heavy atom. The molecule has 0 unspecified atom stereocenters. The second-order valence-corrected chi connectivity index (χ2v) is 3.14. The average molecular weight is 211 g/mol. The summed E-state index contributed by atoms with van der Waals surface area (Å²) in [6.07, 6.45) is 4.17. The van der Waals surface area contributed by atoms with E-state index in [0.717, 1.165) is 25.7 Å². The van der Waals surface area contributed by atoms with Gasteiger partial charge < -0.3 is 0 Å². The van der Waals surface area contributed by atoms with Crippen LogP contribution in [0.3, 0.4) is 0 Å². The quantitative estimate of drug-likeness (QED) is 0.301. The second-order valence-electron chi connectivity index (χ2n) is 3.14. The third-order valence-electron chi connectivity index (χ3n) is 1.94. The molecule has 0 aliphatic heterocycles. The fourth-order valence-electron chi connectivity index (χ4n) is 1.19. The summed E-state index contributed by atoms with van der Waals surface area (Å²) in [7, 11) is 0. The second kappa shape index (κ2) is 6.10. The molecule has 0 spiro atoms. The minimum Gasteiger partial charge on any atom is -0.292 e. The van der Waals surface area contributed by atoms with Crippen LogP contribution in [0.4, 0.5) is 11.9 Å². The van der Waals surface area contributed by atoms with Crippen molar-refractivity contribution in [1.82, 2.24) is 15.0 Å². The highest BCUT2D eigenvalue weighted by atomic mass is 15.4. The maximum Gasteiger partial charge on any atom is 0.242 e. The Balaban J connectivity index is 2.68. The van der Waals surface area contributed by atoms with E-state index in [2.05, 4.69) is 32.7 Å². The first kappa shape index (κ1) is 11.6. The Hall–Kier alpha value is -1.47. The lowest BCUT2D eigenvalue weighted by Crippen LogP contribution is -2.17. The van der Waals surface area contributed by atoms with Crippen molar-refractivity contribution in [2.75, 3.05) is 10.9 Å². The molecule has 1 rings (SSSR count). The van der Waals surface area contributed by atoms with Crippen molar-refractivity contribution < 1.29 is 0 Å². The Morgan fingerprint density at radius 2 is 1.60 bits per heavy atom. The van der Waals surface area contributed by atoms with Gasteiger partial charge in [0.25, 0.3) is 0 Å². The normalized spacial score (nSPS) is 10.1. The summed E-state index contributed by atoms with van der Waals surface area (Å²) in [6.45, 7) is 2.15. The first-order valence-electron chi connectivity index (χ1n) is 4.98. The Labute approximate surface area is 88.6 Å². The number of nitrogen functional groups attached to an aromatic ring is 2. The largest absolute Gasteiger partial charge is 0.292 e. The van der Waals surface area contributed by atoms with Crippen molar-refractivity contribution in [3.8, 4) is 0 Å². The number of unbranched alkanes of at least 4 members (excludes halogenated alkanes) is 2. The van der Waals surface area contributed by atoms with E-state index in [1.807, 2.05) is 0 Å². The first-order chi connectivity index (χ1) is 7.30. The van der Waals surface area contributed by atoms with Crippen LogP contribution in [0, 0.1) is 0 Å². The third kappa shape index (κ3) is 3.64. The van der Waals surface area contributed by atoms with Crippen LogP contribution >= 0.6 is 0 Å². The lowest BCUT2D eigenvalue weighted by molar-refractivity contribution is 0.691. The van der Waals surface area contributed by atoms with Crippen molar-refractivity contribution in [2.45, 2.75) is 32.6 Å². The van der Waals surface area contributed by atoms with Gasteiger partial charge in [-0.3, -0.25) is 10.9 Å². The highest BCUT2D eigenvalue weighted by Crippen LogP contribution is 2.06. The van der Waals surface area contributed by atoms with Gasteiger partial charge in [-0.1, -0.05) is 19.8 Å². The Kier molecular flexibility index (Phi) is 4.72. The van der Waals surface area contributed by atoms with Crippen molar-refractivity contribution in [3.05, 3.63) is 5.82 Å². The van der Waals surface area contributed by atoms with Crippen LogP contribution in [-0.2, 0) is 6.42 Å². The first-order valence-corrected chi connectivity index (χ1v) is 4.98. The van der Waals surface area contributed by atoms with E-state index in [1.165, 1.54) is 0 Å². The number of rotatable bonds is 6. The van der Waals surface area contributed by atoms with Crippen molar-refractivity contribution >= 4 is 11.9 Å². The molecule has 1 heterocycles. The molecule has 84 valence electrons. The summed E-state index contributed by atoms with van der Waals surface area (Å²) >= 11 is 0. The highest BCUT2D eigenvalue weighted by molar-refractivity contribution is 5.32. The van der Waals surface area contributed by atoms with Gasteiger partial charge in [-0.2, -0.15) is 15.0 Å². The van der Waals surface area contributed by atoms with Gasteiger partial charge in [0.2, 0.25) is 11.9 Å². The molecular formula is C8H17N7. The molecule has 1 aromatic rings. The van der Waals surface area contributed by atoms with Gasteiger partial charge in [-0.05, 0) is 6.42 Å². The fourth-order valence-corrected chi connectivity index (χ4v) is 1.19. The highest BCUT2D eigenvalue weighted by Gasteiger charge is 2.04. The van der Waals surface area contributed by atoms with Crippen molar-refractivity contribution in [2.24, 2.45) is 11.7 Å². The van der Waals surface area contributed by atoms with Gasteiger partial charge in [0.05, 0.1) is 0 Å². The predicted molar refractivity (Wildman–Crippen MR) is 58.7 cm³/mol. The molecule has 7 heteroatoms. The average Bonchev–Trinajstić information content (AvgIpc) is 2.29. The summed E-state index contributed by atoms with van der Waals surface area (Å²) in [5.74, 6) is 11.8. The van der Waals surface area contributed by atoms with Crippen LogP contribution in [0.5, 0.6) is 0 Å². The third-order valence-corrected chi connectivity index (χ3v) is 1.94. The molecule has 0 saturated carbocycles. The smallest absolute Gasteiger partial charge is 0.242 e. The zero-order valence-electron chi connectivity index (χ0n) is 8.82. The van der Waals surface area contributed by atoms with Crippen LogP contribution in [0.2, 0.25) is 0 Å². The number of aryl methyl sites for hydroxylation is 1. The fraction of sp³-hybridized carbons (Fsp3) is 0.625. The number of aromatic nitrogens is 3. The number of anilines is 2. The van der Waals surface area contributed by atoms with Crippen LogP contribution in [0.1, 0.15) is 32.0 Å². The van der Waals surface area contributed by atoms with Crippen LogP contribution < -0.4 is 22.5 Å². The number of hydrogen-bond acceptors (Lipinski definition) is 7. The standard InChI is InChI=1S/C8H17N7/c1-2-3-4-5-6-11-7(14-9)13-8(12-6)15-10/h2-5,9-10H2,1H3,(H2,11,12,13,14,15). The van der Waals surface area contributed by atoms with E-state index in [9.17, 15) is 0 Å². The number of hydrazine groups is 2. The molecule has 7 nitrogen and oxygen atoms in total. The summed E-state index contributed by atoms with van der Waals surface area (Å²) < 4.78 is 0. The van der Waals surface area contributed by atoms with Gasteiger partial charge in [0.15, 0.2) is 0 Å². The maximum absolute atomic E-state index is 5.23. The summed E-state index contributed by atoms with van der Waals surface area (Å²) in [5, 5.41) is 0. The number of hydrogen-bond donors (Lipinski definition) is 4. The lowest BCUT2D eigenvalue weighted by atomic mass is 10.2. The molecule has 0 aliphatic rings. The number of nitrogens with one attached hydrogen (secondary N) is 2. The number of nitrogens with two attached hydrogens (primary N) is 2. The van der Waals surface area contributed by atoms with Crippen LogP contribution in [-0.4, -0.2) is 15.0 Å². The predicted octanol–water partition coefficient (Wildman–Crippen LogP) is 0.176. The van der Waals surface area contributed by atoms with E-state index in [-0.39, 0.29) is 0 Å². The van der Waals surface area contributed by atoms with Gasteiger partial charge in [0.1, 0.15) is 5.82 Å². The monoisotopic (exact) mass is 211 g/mol. The molecule has 0 saturated heterocycles. The topological polar surface area (TPSA) is 115 Å².